The lowest BCUT2D eigenvalue weighted by Crippen LogP contribution is -2.37. The predicted molar refractivity (Wildman–Crippen MR) is 84.1 cm³/mol. The highest BCUT2D eigenvalue weighted by atomic mass is 35.5. The van der Waals surface area contributed by atoms with Gasteiger partial charge in [0.25, 0.3) is 0 Å². The number of rotatable bonds is 4. The summed E-state index contributed by atoms with van der Waals surface area (Å²) in [5.74, 6) is 0.991. The summed E-state index contributed by atoms with van der Waals surface area (Å²) in [5.41, 5.74) is 1.67. The molecule has 0 radical (unpaired) electrons. The maximum atomic E-state index is 6.13. The van der Waals surface area contributed by atoms with Crippen LogP contribution >= 0.6 is 35.0 Å². The van der Waals surface area contributed by atoms with Crippen LogP contribution in [0.25, 0.3) is 11.0 Å². The first-order valence-electron chi connectivity index (χ1n) is 6.50. The van der Waals surface area contributed by atoms with E-state index >= 15 is 0 Å². The number of nitrogens with one attached hydrogen (secondary N) is 1. The number of H-pyrrole nitrogens is 1. The Kier molecular flexibility index (Phi) is 4.73. The third-order valence-corrected chi connectivity index (χ3v) is 4.59. The average molecular weight is 332 g/mol. The number of morpholine rings is 1. The van der Waals surface area contributed by atoms with E-state index in [0.29, 0.717) is 10.0 Å². The quantitative estimate of drug-likeness (QED) is 0.873. The fraction of sp³-hybridized carbons (Fsp3) is 0.462. The first-order chi connectivity index (χ1) is 9.72. The number of nitrogens with zero attached hydrogens (tertiary/aromatic N) is 2. The van der Waals surface area contributed by atoms with Crippen LogP contribution < -0.4 is 0 Å². The van der Waals surface area contributed by atoms with Gasteiger partial charge in [0.05, 0.1) is 23.8 Å². The molecule has 3 rings (SSSR count). The molecule has 1 aliphatic heterocycles. The molecule has 1 aromatic carbocycles. The van der Waals surface area contributed by atoms with Crippen molar-refractivity contribution in [3.63, 3.8) is 0 Å². The molecule has 2 heterocycles. The summed E-state index contributed by atoms with van der Waals surface area (Å²) >= 11 is 13.8. The highest BCUT2D eigenvalue weighted by molar-refractivity contribution is 7.99. The third-order valence-electron chi connectivity index (χ3n) is 3.23. The highest BCUT2D eigenvalue weighted by Crippen LogP contribution is 2.28. The van der Waals surface area contributed by atoms with Crippen molar-refractivity contribution >= 4 is 46.0 Å². The third kappa shape index (κ3) is 3.40. The van der Waals surface area contributed by atoms with Crippen LogP contribution in [0.1, 0.15) is 0 Å². The topological polar surface area (TPSA) is 41.2 Å². The summed E-state index contributed by atoms with van der Waals surface area (Å²) < 4.78 is 5.33. The molecular weight excluding hydrogens is 317 g/mol. The summed E-state index contributed by atoms with van der Waals surface area (Å²) in [6.07, 6.45) is 0. The van der Waals surface area contributed by atoms with E-state index in [4.69, 9.17) is 27.9 Å². The molecule has 1 saturated heterocycles. The summed E-state index contributed by atoms with van der Waals surface area (Å²) in [4.78, 5) is 10.2. The second-order valence-corrected chi connectivity index (χ2v) is 6.56. The zero-order valence-electron chi connectivity index (χ0n) is 10.9. The lowest BCUT2D eigenvalue weighted by molar-refractivity contribution is 0.0410. The minimum atomic E-state index is 0.587. The molecule has 20 heavy (non-hydrogen) atoms. The molecule has 4 nitrogen and oxygen atoms in total. The van der Waals surface area contributed by atoms with Crippen molar-refractivity contribution in [1.29, 1.82) is 0 Å². The van der Waals surface area contributed by atoms with Gasteiger partial charge in [-0.25, -0.2) is 4.98 Å². The molecule has 7 heteroatoms. The highest BCUT2D eigenvalue weighted by Gasteiger charge is 2.11. The van der Waals surface area contributed by atoms with Gasteiger partial charge >= 0.3 is 0 Å². The van der Waals surface area contributed by atoms with Crippen molar-refractivity contribution < 1.29 is 4.74 Å². The van der Waals surface area contributed by atoms with Gasteiger partial charge in [0.15, 0.2) is 5.16 Å². The molecule has 108 valence electrons. The molecule has 1 N–H and O–H groups in total. The molecular formula is C13H15Cl2N3OS. The van der Waals surface area contributed by atoms with Gasteiger partial charge in [0.1, 0.15) is 5.52 Å². The van der Waals surface area contributed by atoms with E-state index in [-0.39, 0.29) is 0 Å². The first-order valence-corrected chi connectivity index (χ1v) is 8.24. The van der Waals surface area contributed by atoms with Gasteiger partial charge in [-0.05, 0) is 12.1 Å². The second-order valence-electron chi connectivity index (χ2n) is 4.63. The van der Waals surface area contributed by atoms with Crippen molar-refractivity contribution in [2.75, 3.05) is 38.6 Å². The van der Waals surface area contributed by atoms with Crippen LogP contribution in [-0.2, 0) is 4.74 Å². The Morgan fingerprint density at radius 3 is 2.90 bits per heavy atom. The number of imidazole rings is 1. The number of aromatic nitrogens is 2. The van der Waals surface area contributed by atoms with Crippen LogP contribution in [0.15, 0.2) is 17.3 Å². The Morgan fingerprint density at radius 1 is 1.30 bits per heavy atom. The van der Waals surface area contributed by atoms with Gasteiger partial charge in [0.2, 0.25) is 0 Å². The van der Waals surface area contributed by atoms with E-state index in [0.717, 1.165) is 54.8 Å². The molecule has 0 aliphatic carbocycles. The molecule has 2 aromatic rings. The van der Waals surface area contributed by atoms with Crippen LogP contribution in [0.2, 0.25) is 10.0 Å². The van der Waals surface area contributed by atoms with E-state index < -0.39 is 0 Å². The molecule has 1 aromatic heterocycles. The largest absolute Gasteiger partial charge is 0.379 e. The van der Waals surface area contributed by atoms with Crippen LogP contribution in [0.5, 0.6) is 0 Å². The van der Waals surface area contributed by atoms with Crippen LogP contribution in [-0.4, -0.2) is 53.5 Å². The Balaban J connectivity index is 1.61. The summed E-state index contributed by atoms with van der Waals surface area (Å²) in [6, 6.07) is 3.57. The maximum Gasteiger partial charge on any atom is 0.166 e. The first kappa shape index (κ1) is 14.5. The second kappa shape index (κ2) is 6.54. The molecule has 0 unspecified atom stereocenters. The van der Waals surface area contributed by atoms with Gasteiger partial charge in [-0.1, -0.05) is 35.0 Å². The molecule has 1 fully saturated rings. The Hall–Kier alpha value is -0.460. The maximum absolute atomic E-state index is 6.13. The Morgan fingerprint density at radius 2 is 2.10 bits per heavy atom. The van der Waals surface area contributed by atoms with Gasteiger partial charge in [-0.3, -0.25) is 4.90 Å². The van der Waals surface area contributed by atoms with Gasteiger partial charge in [-0.15, -0.1) is 0 Å². The lowest BCUT2D eigenvalue weighted by Gasteiger charge is -2.26. The average Bonchev–Trinajstić information content (AvgIpc) is 2.83. The van der Waals surface area contributed by atoms with Gasteiger partial charge in [-0.2, -0.15) is 0 Å². The predicted octanol–water partition coefficient (Wildman–Crippen LogP) is 3.29. The zero-order chi connectivity index (χ0) is 13.9. The monoisotopic (exact) mass is 331 g/mol. The molecule has 0 bridgehead atoms. The molecule has 0 spiro atoms. The SMILES string of the molecule is Clc1cc(Cl)c2nc(SCCN3CCOCC3)[nH]c2c1. The van der Waals surface area contributed by atoms with Crippen molar-refractivity contribution in [2.45, 2.75) is 5.16 Å². The normalized spacial score (nSPS) is 16.9. The summed E-state index contributed by atoms with van der Waals surface area (Å²) in [6.45, 7) is 4.75. The molecule has 1 aliphatic rings. The van der Waals surface area contributed by atoms with Crippen LogP contribution in [0, 0.1) is 0 Å². The zero-order valence-corrected chi connectivity index (χ0v) is 13.2. The van der Waals surface area contributed by atoms with Crippen molar-refractivity contribution in [2.24, 2.45) is 0 Å². The fourth-order valence-electron chi connectivity index (χ4n) is 2.18. The van der Waals surface area contributed by atoms with Crippen LogP contribution in [0.4, 0.5) is 0 Å². The van der Waals surface area contributed by atoms with Crippen LogP contribution in [0.3, 0.4) is 0 Å². The molecule has 0 amide bonds. The van der Waals surface area contributed by atoms with E-state index in [9.17, 15) is 0 Å². The fourth-order valence-corrected chi connectivity index (χ4v) is 3.60. The number of ether oxygens (including phenoxy) is 1. The van der Waals surface area contributed by atoms with E-state index in [1.54, 1.807) is 17.8 Å². The Bertz CT molecular complexity index is 599. The summed E-state index contributed by atoms with van der Waals surface area (Å²) in [5, 5.41) is 2.09. The standard InChI is InChI=1S/C13H15Cl2N3OS/c14-9-7-10(15)12-11(8-9)16-13(17-12)20-6-3-18-1-4-19-5-2-18/h7-8H,1-6H2,(H,16,17). The number of aromatic amines is 1. The number of hydrogen-bond donors (Lipinski definition) is 1. The van der Waals surface area contributed by atoms with Gasteiger partial charge < -0.3 is 9.72 Å². The van der Waals surface area contributed by atoms with Crippen molar-refractivity contribution in [3.05, 3.63) is 22.2 Å². The minimum Gasteiger partial charge on any atom is -0.379 e. The molecule has 0 saturated carbocycles. The smallest absolute Gasteiger partial charge is 0.166 e. The number of benzene rings is 1. The van der Waals surface area contributed by atoms with Crippen molar-refractivity contribution in [1.82, 2.24) is 14.9 Å². The number of halogens is 2. The van der Waals surface area contributed by atoms with E-state index in [2.05, 4.69) is 14.9 Å². The molecule has 0 atom stereocenters. The lowest BCUT2D eigenvalue weighted by atomic mass is 10.3. The van der Waals surface area contributed by atoms with Crippen molar-refractivity contribution in [3.8, 4) is 0 Å². The number of hydrogen-bond acceptors (Lipinski definition) is 4. The van der Waals surface area contributed by atoms with Gasteiger partial charge in [0, 0.05) is 30.4 Å². The summed E-state index contributed by atoms with van der Waals surface area (Å²) in [7, 11) is 0. The van der Waals surface area contributed by atoms with E-state index in [1.807, 2.05) is 6.07 Å². The van der Waals surface area contributed by atoms with E-state index in [1.165, 1.54) is 0 Å². The Labute approximate surface area is 131 Å². The number of fused-ring (bicyclic) bond motifs is 1. The minimum absolute atomic E-state index is 0.587. The number of thioether (sulfide) groups is 1.